The maximum absolute atomic E-state index is 14.7. The summed E-state index contributed by atoms with van der Waals surface area (Å²) in [5, 5.41) is 0.623. The lowest BCUT2D eigenvalue weighted by Gasteiger charge is -2.08. The fourth-order valence-corrected chi connectivity index (χ4v) is 3.65. The van der Waals surface area contributed by atoms with E-state index in [4.69, 9.17) is 4.74 Å². The molecule has 0 aliphatic heterocycles. The Balaban J connectivity index is 1.33. The average molecular weight is 456 g/mol. The Bertz CT molecular complexity index is 1490. The van der Waals surface area contributed by atoms with Crippen molar-refractivity contribution < 1.29 is 18.3 Å². The summed E-state index contributed by atoms with van der Waals surface area (Å²) in [5.74, 6) is -0.702. The number of carbonyl (C=O) groups excluding carboxylic acids is 1. The third kappa shape index (κ3) is 4.66. The Kier molecular flexibility index (Phi) is 5.78. The van der Waals surface area contributed by atoms with E-state index in [0.717, 1.165) is 11.4 Å². The van der Waals surface area contributed by atoms with Crippen LogP contribution in [0.5, 0.6) is 11.6 Å². The number of pyridine rings is 1. The number of hydrogen-bond donors (Lipinski definition) is 1. The van der Waals surface area contributed by atoms with Crippen LogP contribution in [0.15, 0.2) is 79.3 Å². The highest BCUT2D eigenvalue weighted by Crippen LogP contribution is 2.30. The number of halogens is 2. The van der Waals surface area contributed by atoms with Crippen molar-refractivity contribution in [2.45, 2.75) is 12.8 Å². The van der Waals surface area contributed by atoms with Crippen LogP contribution in [0.25, 0.3) is 22.4 Å². The molecule has 0 radical (unpaired) electrons. The number of Topliss-reactive ketones (excluding diaryl/α,β-unsaturated/α-hetero) is 1. The second-order valence-corrected chi connectivity index (χ2v) is 7.72. The SMILES string of the molecule is O=C(Cc1cccc(F)c1)Cc1ccc(Oc2ncnc3[nH]c(-c4ccccn4)cc23)cc1F. The third-order valence-electron chi connectivity index (χ3n) is 5.25. The van der Waals surface area contributed by atoms with Gasteiger partial charge in [-0.2, -0.15) is 0 Å². The van der Waals surface area contributed by atoms with Gasteiger partial charge in [0.2, 0.25) is 5.88 Å². The van der Waals surface area contributed by atoms with Crippen molar-refractivity contribution in [3.8, 4) is 23.0 Å². The van der Waals surface area contributed by atoms with E-state index in [9.17, 15) is 13.6 Å². The normalized spacial score (nSPS) is 11.0. The van der Waals surface area contributed by atoms with Crippen LogP contribution >= 0.6 is 0 Å². The van der Waals surface area contributed by atoms with Gasteiger partial charge in [-0.05, 0) is 47.5 Å². The molecule has 5 aromatic rings. The third-order valence-corrected chi connectivity index (χ3v) is 5.25. The number of H-pyrrole nitrogens is 1. The van der Waals surface area contributed by atoms with Crippen LogP contribution in [-0.4, -0.2) is 25.7 Å². The first-order valence-electron chi connectivity index (χ1n) is 10.5. The van der Waals surface area contributed by atoms with Gasteiger partial charge in [0.1, 0.15) is 35.1 Å². The molecule has 0 spiro atoms. The number of ketones is 1. The molecule has 6 nitrogen and oxygen atoms in total. The molecule has 0 saturated heterocycles. The zero-order chi connectivity index (χ0) is 23.5. The molecule has 0 atom stereocenters. The first-order chi connectivity index (χ1) is 16.5. The lowest BCUT2D eigenvalue weighted by atomic mass is 10.0. The molecule has 0 unspecified atom stereocenters. The maximum Gasteiger partial charge on any atom is 0.231 e. The number of hydrogen-bond acceptors (Lipinski definition) is 5. The van der Waals surface area contributed by atoms with E-state index in [1.54, 1.807) is 24.4 Å². The van der Waals surface area contributed by atoms with Gasteiger partial charge in [-0.1, -0.05) is 24.3 Å². The van der Waals surface area contributed by atoms with Gasteiger partial charge in [-0.3, -0.25) is 9.78 Å². The summed E-state index contributed by atoms with van der Waals surface area (Å²) in [6.07, 6.45) is 2.97. The first kappa shape index (κ1) is 21.4. The molecule has 8 heteroatoms. The second kappa shape index (κ2) is 9.19. The van der Waals surface area contributed by atoms with Gasteiger partial charge in [0, 0.05) is 25.1 Å². The Morgan fingerprint density at radius 3 is 2.62 bits per heavy atom. The van der Waals surface area contributed by atoms with E-state index in [-0.39, 0.29) is 35.8 Å². The maximum atomic E-state index is 14.7. The van der Waals surface area contributed by atoms with Gasteiger partial charge in [0.05, 0.1) is 16.8 Å². The molecule has 34 heavy (non-hydrogen) atoms. The number of nitrogens with one attached hydrogen (secondary N) is 1. The molecule has 0 fully saturated rings. The zero-order valence-corrected chi connectivity index (χ0v) is 17.8. The number of aromatic amines is 1. The molecule has 0 aliphatic rings. The van der Waals surface area contributed by atoms with Crippen molar-refractivity contribution in [2.24, 2.45) is 0 Å². The topological polar surface area (TPSA) is 80.8 Å². The van der Waals surface area contributed by atoms with Crippen molar-refractivity contribution in [1.82, 2.24) is 19.9 Å². The summed E-state index contributed by atoms with van der Waals surface area (Å²) < 4.78 is 33.9. The standard InChI is InChI=1S/C26H18F2N4O2/c27-18-5-3-4-16(10-18)11-19(33)12-17-7-8-20(13-22(17)28)34-26-21-14-24(23-6-1-2-9-29-23)32-25(21)30-15-31-26/h1-10,13-15H,11-12H2,(H,30,31,32). The fourth-order valence-electron chi connectivity index (χ4n) is 3.65. The molecular weight excluding hydrogens is 438 g/mol. The predicted molar refractivity (Wildman–Crippen MR) is 122 cm³/mol. The van der Waals surface area contributed by atoms with E-state index in [1.165, 1.54) is 30.6 Å². The van der Waals surface area contributed by atoms with Crippen molar-refractivity contribution in [2.75, 3.05) is 0 Å². The molecule has 0 amide bonds. The molecule has 2 aromatic carbocycles. The molecule has 0 bridgehead atoms. The number of aromatic nitrogens is 4. The van der Waals surface area contributed by atoms with E-state index in [0.29, 0.717) is 16.6 Å². The van der Waals surface area contributed by atoms with Crippen LogP contribution in [0.4, 0.5) is 8.78 Å². The van der Waals surface area contributed by atoms with Crippen LogP contribution in [0.1, 0.15) is 11.1 Å². The van der Waals surface area contributed by atoms with E-state index >= 15 is 0 Å². The summed E-state index contributed by atoms with van der Waals surface area (Å²) in [6, 6.07) is 17.5. The van der Waals surface area contributed by atoms with Crippen molar-refractivity contribution in [3.05, 3.63) is 102 Å². The van der Waals surface area contributed by atoms with Gasteiger partial charge >= 0.3 is 0 Å². The summed E-state index contributed by atoms with van der Waals surface area (Å²) in [5.41, 5.74) is 2.84. The van der Waals surface area contributed by atoms with Crippen LogP contribution < -0.4 is 4.74 Å². The molecular formula is C26H18F2N4O2. The zero-order valence-electron chi connectivity index (χ0n) is 17.8. The highest BCUT2D eigenvalue weighted by molar-refractivity contribution is 5.86. The largest absolute Gasteiger partial charge is 0.438 e. The van der Waals surface area contributed by atoms with Crippen molar-refractivity contribution in [1.29, 1.82) is 0 Å². The van der Waals surface area contributed by atoms with Gasteiger partial charge in [0.15, 0.2) is 0 Å². The van der Waals surface area contributed by atoms with E-state index < -0.39 is 11.6 Å². The Morgan fingerprint density at radius 2 is 1.82 bits per heavy atom. The van der Waals surface area contributed by atoms with Crippen LogP contribution in [0, 0.1) is 11.6 Å². The quantitative estimate of drug-likeness (QED) is 0.353. The summed E-state index contributed by atoms with van der Waals surface area (Å²) in [6.45, 7) is 0. The van der Waals surface area contributed by atoms with E-state index in [1.807, 2.05) is 24.3 Å². The molecule has 3 aromatic heterocycles. The molecule has 3 heterocycles. The first-order valence-corrected chi connectivity index (χ1v) is 10.5. The lowest BCUT2D eigenvalue weighted by Crippen LogP contribution is -2.08. The number of carbonyl (C=O) groups is 1. The number of benzene rings is 2. The number of rotatable bonds is 7. The summed E-state index contributed by atoms with van der Waals surface area (Å²) >= 11 is 0. The van der Waals surface area contributed by atoms with Crippen LogP contribution in [-0.2, 0) is 17.6 Å². The van der Waals surface area contributed by atoms with E-state index in [2.05, 4.69) is 19.9 Å². The molecule has 0 aliphatic carbocycles. The minimum absolute atomic E-state index is 0.0282. The Labute approximate surface area is 193 Å². The van der Waals surface area contributed by atoms with Crippen LogP contribution in [0.2, 0.25) is 0 Å². The Morgan fingerprint density at radius 1 is 0.912 bits per heavy atom. The Hall–Kier alpha value is -4.46. The van der Waals surface area contributed by atoms with Crippen molar-refractivity contribution in [3.63, 3.8) is 0 Å². The van der Waals surface area contributed by atoms with Gasteiger partial charge in [0.25, 0.3) is 0 Å². The highest BCUT2D eigenvalue weighted by atomic mass is 19.1. The van der Waals surface area contributed by atoms with Gasteiger partial charge < -0.3 is 9.72 Å². The van der Waals surface area contributed by atoms with Crippen LogP contribution in [0.3, 0.4) is 0 Å². The second-order valence-electron chi connectivity index (χ2n) is 7.72. The monoisotopic (exact) mass is 456 g/mol. The minimum Gasteiger partial charge on any atom is -0.438 e. The number of fused-ring (bicyclic) bond motifs is 1. The number of nitrogens with zero attached hydrogens (tertiary/aromatic N) is 3. The molecule has 168 valence electrons. The molecule has 0 saturated carbocycles. The summed E-state index contributed by atoms with van der Waals surface area (Å²) in [7, 11) is 0. The molecule has 5 rings (SSSR count). The van der Waals surface area contributed by atoms with Gasteiger partial charge in [-0.25, -0.2) is 18.7 Å². The molecule has 1 N–H and O–H groups in total. The smallest absolute Gasteiger partial charge is 0.231 e. The number of ether oxygens (including phenoxy) is 1. The highest BCUT2D eigenvalue weighted by Gasteiger charge is 2.14. The average Bonchev–Trinajstić information content (AvgIpc) is 3.27. The van der Waals surface area contributed by atoms with Crippen molar-refractivity contribution >= 4 is 16.8 Å². The predicted octanol–water partition coefficient (Wildman–Crippen LogP) is 5.44. The van der Waals surface area contributed by atoms with Gasteiger partial charge in [-0.15, -0.1) is 0 Å². The lowest BCUT2D eigenvalue weighted by molar-refractivity contribution is -0.117. The fraction of sp³-hybridized carbons (Fsp3) is 0.0769. The minimum atomic E-state index is -0.571. The summed E-state index contributed by atoms with van der Waals surface area (Å²) in [4.78, 5) is 28.2.